The van der Waals surface area contributed by atoms with Crippen LogP contribution in [0.3, 0.4) is 0 Å². The van der Waals surface area contributed by atoms with E-state index in [1.807, 2.05) is 12.1 Å². The zero-order valence-electron chi connectivity index (χ0n) is 23.8. The van der Waals surface area contributed by atoms with Crippen molar-refractivity contribution in [3.63, 3.8) is 0 Å². The third kappa shape index (κ3) is 6.60. The quantitative estimate of drug-likeness (QED) is 0.268. The van der Waals surface area contributed by atoms with Crippen LogP contribution in [0.5, 0.6) is 0 Å². The van der Waals surface area contributed by atoms with E-state index in [9.17, 15) is 27.6 Å². The molecule has 0 spiro atoms. The van der Waals surface area contributed by atoms with Gasteiger partial charge in [-0.3, -0.25) is 0 Å². The fourth-order valence-corrected chi connectivity index (χ4v) is 9.26. The van der Waals surface area contributed by atoms with Crippen LogP contribution in [0.15, 0.2) is 58.7 Å². The van der Waals surface area contributed by atoms with E-state index in [1.165, 1.54) is 34.1 Å². The Balaban J connectivity index is 1.59. The summed E-state index contributed by atoms with van der Waals surface area (Å²) in [6.45, 7) is 5.49. The van der Waals surface area contributed by atoms with Crippen molar-refractivity contribution in [2.24, 2.45) is 0 Å². The van der Waals surface area contributed by atoms with E-state index in [0.29, 0.717) is 18.4 Å². The third-order valence-corrected chi connectivity index (χ3v) is 12.7. The molecule has 0 unspecified atom stereocenters. The predicted octanol–water partition coefficient (Wildman–Crippen LogP) is 6.42. The average Bonchev–Trinajstić information content (AvgIpc) is 3.35. The molecule has 1 N–H and O–H groups in total. The second-order valence-corrected chi connectivity index (χ2v) is 16.9. The molecule has 2 fully saturated rings. The van der Waals surface area contributed by atoms with Gasteiger partial charge in [-0.25, -0.2) is 0 Å². The molecule has 42 heavy (non-hydrogen) atoms. The molecule has 1 aliphatic carbocycles. The fraction of sp³-hybridized carbons (Fsp3) is 0.452. The van der Waals surface area contributed by atoms with Crippen molar-refractivity contribution in [3.8, 4) is 0 Å². The number of benzene rings is 2. The summed E-state index contributed by atoms with van der Waals surface area (Å²) < 4.78 is 51.7. The number of nitrogens with one attached hydrogen (secondary N) is 1. The third-order valence-electron chi connectivity index (χ3n) is 7.39. The summed E-state index contributed by atoms with van der Waals surface area (Å²) in [4.78, 5) is 44.4. The monoisotopic (exact) mass is 697 g/mol. The summed E-state index contributed by atoms with van der Waals surface area (Å²) in [5.41, 5.74) is -0.0728. The number of alkyl halides is 3. The Morgan fingerprint density at radius 1 is 1.12 bits per heavy atom. The molecule has 1 saturated carbocycles. The predicted molar refractivity (Wildman–Crippen MR) is 162 cm³/mol. The van der Waals surface area contributed by atoms with Crippen LogP contribution in [-0.4, -0.2) is 57.4 Å². The topological polar surface area (TPSA) is 79.0 Å². The molecule has 226 valence electrons. The van der Waals surface area contributed by atoms with Crippen molar-refractivity contribution in [1.29, 1.82) is 0 Å². The van der Waals surface area contributed by atoms with Crippen LogP contribution >= 0.6 is 19.8 Å². The van der Waals surface area contributed by atoms with Crippen molar-refractivity contribution in [3.05, 3.63) is 73.6 Å². The number of nitrogens with zero attached hydrogens (tertiary/aromatic N) is 2. The molecule has 0 aromatic heterocycles. The minimum absolute atomic E-state index is 0.137. The first-order valence-electron chi connectivity index (χ1n) is 14.0. The summed E-state index contributed by atoms with van der Waals surface area (Å²) in [6, 6.07) is 9.79. The number of anilines is 1. The molecule has 11 heteroatoms. The van der Waals surface area contributed by atoms with E-state index in [2.05, 4.69) is 15.5 Å². The van der Waals surface area contributed by atoms with E-state index < -0.39 is 86.0 Å². The molecule has 2 aromatic rings. The Morgan fingerprint density at radius 3 is 2.45 bits per heavy atom. The summed E-state index contributed by atoms with van der Waals surface area (Å²) in [7, 11) is 0. The Hall–Kier alpha value is -3.09. The molecule has 7 nitrogen and oxygen atoms in total. The molecule has 2 aliphatic heterocycles. The van der Waals surface area contributed by atoms with Crippen LogP contribution in [-0.2, 0) is 14.3 Å². The van der Waals surface area contributed by atoms with Gasteiger partial charge in [0.2, 0.25) is 0 Å². The van der Waals surface area contributed by atoms with Gasteiger partial charge in [0.05, 0.1) is 0 Å². The fourth-order valence-electron chi connectivity index (χ4n) is 5.44. The van der Waals surface area contributed by atoms with E-state index in [-0.39, 0.29) is 12.2 Å². The average molecular weight is 698 g/mol. The van der Waals surface area contributed by atoms with E-state index in [0.717, 1.165) is 8.00 Å². The summed E-state index contributed by atoms with van der Waals surface area (Å²) >= 11 is -1.78. The number of amides is 3. The number of likely N-dealkylation sites (tertiary alicyclic amines) is 1. The number of halogens is 4. The number of rotatable bonds is 7. The molecular weight excluding hydrogens is 662 g/mol. The zero-order valence-corrected chi connectivity index (χ0v) is 25.9. The van der Waals surface area contributed by atoms with E-state index in [4.69, 9.17) is 4.74 Å². The van der Waals surface area contributed by atoms with Gasteiger partial charge in [0.25, 0.3) is 0 Å². The molecule has 2 heterocycles. The maximum atomic E-state index is 14.6. The van der Waals surface area contributed by atoms with Crippen LogP contribution in [0.4, 0.5) is 23.7 Å². The van der Waals surface area contributed by atoms with Crippen molar-refractivity contribution in [2.75, 3.05) is 15.9 Å². The normalized spacial score (nSPS) is 21.2. The summed E-state index contributed by atoms with van der Waals surface area (Å²) in [6.07, 6.45) is 1.31. The SMILES string of the molecule is CC(C)(C)OC(=O)N1CCC[C@H]1C(=O)N(c1cccc(F)c1)[C@H](C(=O)NC1CC(F)(F)C1)c1ccccc1I1C=CC1. The first kappa shape index (κ1) is 30.4. The van der Waals surface area contributed by atoms with E-state index in [1.54, 1.807) is 32.9 Å². The second kappa shape index (κ2) is 11.9. The summed E-state index contributed by atoms with van der Waals surface area (Å²) in [5, 5.41) is 2.74. The van der Waals surface area contributed by atoms with E-state index >= 15 is 0 Å². The molecule has 0 radical (unpaired) electrons. The Labute approximate surface area is 250 Å². The number of carbonyl (C=O) groups excluding carboxylic acids is 3. The van der Waals surface area contributed by atoms with Crippen LogP contribution in [0.25, 0.3) is 0 Å². The van der Waals surface area contributed by atoms with Crippen molar-refractivity contribution < 1.29 is 32.3 Å². The first-order chi connectivity index (χ1) is 19.8. The molecular formula is C31H35F3IN3O4. The number of hydrogen-bond donors (Lipinski definition) is 1. The van der Waals surface area contributed by atoms with Gasteiger partial charge in [0, 0.05) is 0 Å². The second-order valence-electron chi connectivity index (χ2n) is 11.8. The minimum atomic E-state index is -2.86. The first-order valence-corrected chi connectivity index (χ1v) is 17.8. The Kier molecular flexibility index (Phi) is 8.60. The van der Waals surface area contributed by atoms with Crippen LogP contribution in [0.2, 0.25) is 0 Å². The van der Waals surface area contributed by atoms with Gasteiger partial charge in [0.15, 0.2) is 0 Å². The van der Waals surface area contributed by atoms with Crippen LogP contribution in [0, 0.1) is 9.39 Å². The van der Waals surface area contributed by atoms with Crippen molar-refractivity contribution in [2.45, 2.75) is 76.1 Å². The van der Waals surface area contributed by atoms with Crippen LogP contribution in [0.1, 0.15) is 58.1 Å². The van der Waals surface area contributed by atoms with Gasteiger partial charge < -0.3 is 0 Å². The Bertz CT molecular complexity index is 1390. The maximum absolute atomic E-state index is 14.6. The Morgan fingerprint density at radius 2 is 1.83 bits per heavy atom. The standard InChI is InChI=1S/C31H35F3IN3O4/c1-30(2,3)42-29(41)37-16-7-13-25(37)28(40)38(22-10-6-9-20(32)17-22)26(27(39)36-21-18-31(33,34)19-21)23-11-4-5-12-24(23)35-14-8-15-35/h4-6,8-12,14,17,21,25-26H,7,13,15-16,18-19H2,1-3H3,(H,36,39)/t25-,26-/m0/s1. The number of ether oxygens (including phenoxy) is 1. The molecule has 2 aromatic carbocycles. The van der Waals surface area contributed by atoms with Gasteiger partial charge in [-0.15, -0.1) is 0 Å². The molecule has 3 amide bonds. The van der Waals surface area contributed by atoms with Gasteiger partial charge in [-0.2, -0.15) is 0 Å². The number of allylic oxidation sites excluding steroid dienone is 1. The molecule has 0 bridgehead atoms. The van der Waals surface area contributed by atoms with Crippen molar-refractivity contribution >= 4 is 43.4 Å². The van der Waals surface area contributed by atoms with Gasteiger partial charge in [-0.05, 0) is 0 Å². The molecule has 5 rings (SSSR count). The summed E-state index contributed by atoms with van der Waals surface area (Å²) in [5.74, 6) is -4.65. The number of hydrogen-bond acceptors (Lipinski definition) is 4. The van der Waals surface area contributed by atoms with Gasteiger partial charge in [-0.1, -0.05) is 0 Å². The zero-order chi connectivity index (χ0) is 30.2. The van der Waals surface area contributed by atoms with Gasteiger partial charge >= 0.3 is 252 Å². The van der Waals surface area contributed by atoms with Gasteiger partial charge in [0.1, 0.15) is 0 Å². The molecule has 2 atom stereocenters. The molecule has 3 aliphatic rings. The number of carbonyl (C=O) groups is 3. The molecule has 1 saturated heterocycles. The van der Waals surface area contributed by atoms with Crippen LogP contribution < -0.4 is 10.2 Å². The van der Waals surface area contributed by atoms with Crippen molar-refractivity contribution in [1.82, 2.24) is 10.2 Å².